The number of hydrogen-bond donors (Lipinski definition) is 0. The molecule has 27 heavy (non-hydrogen) atoms. The quantitative estimate of drug-likeness (QED) is 0.654. The van der Waals surface area contributed by atoms with Crippen molar-refractivity contribution in [2.75, 3.05) is 38.3 Å². The minimum Gasteiger partial charge on any atom is -0.377 e. The zero-order valence-electron chi connectivity index (χ0n) is 15.4. The number of ether oxygens (including phenoxy) is 2. The standard InChI is InChI=1S/C17H25N3O6S/c1-27(23,24)10-5-15(21)19-8-9-25-13-17(12-19)6-4-14(26-17)11-20-16(22)3-2-7-18-20/h2-3,7,14H,4-6,8-13H2,1H3/t14?,17-/m0/s1. The number of nitrogens with zero attached hydrogens (tertiary/aromatic N) is 3. The molecule has 2 fully saturated rings. The van der Waals surface area contributed by atoms with Crippen molar-refractivity contribution in [3.8, 4) is 0 Å². The molecule has 2 aliphatic rings. The zero-order chi connectivity index (χ0) is 19.5. The van der Waals surface area contributed by atoms with E-state index >= 15 is 0 Å². The van der Waals surface area contributed by atoms with Crippen molar-refractivity contribution in [2.24, 2.45) is 0 Å². The summed E-state index contributed by atoms with van der Waals surface area (Å²) < 4.78 is 35.9. The SMILES string of the molecule is CS(=O)(=O)CCC(=O)N1CCOC[C@]2(CCC(Cn3ncccc3=O)O2)C1. The minimum atomic E-state index is -3.19. The first-order valence-electron chi connectivity index (χ1n) is 9.00. The van der Waals surface area contributed by atoms with Crippen molar-refractivity contribution in [3.05, 3.63) is 28.7 Å². The van der Waals surface area contributed by atoms with Gasteiger partial charge < -0.3 is 14.4 Å². The number of aromatic nitrogens is 2. The Hall–Kier alpha value is -1.78. The lowest BCUT2D eigenvalue weighted by Gasteiger charge is -2.32. The number of carbonyl (C=O) groups excluding carboxylic acids is 1. The highest BCUT2D eigenvalue weighted by atomic mass is 32.2. The van der Waals surface area contributed by atoms with Gasteiger partial charge in [-0.25, -0.2) is 13.1 Å². The van der Waals surface area contributed by atoms with E-state index in [1.807, 2.05) is 0 Å². The van der Waals surface area contributed by atoms with Gasteiger partial charge in [0, 0.05) is 31.5 Å². The van der Waals surface area contributed by atoms with Crippen molar-refractivity contribution in [2.45, 2.75) is 37.5 Å². The highest BCUT2D eigenvalue weighted by Crippen LogP contribution is 2.33. The Morgan fingerprint density at radius 2 is 2.26 bits per heavy atom. The van der Waals surface area contributed by atoms with Crippen molar-refractivity contribution >= 4 is 15.7 Å². The number of hydrogen-bond acceptors (Lipinski definition) is 7. The van der Waals surface area contributed by atoms with Crippen molar-refractivity contribution in [3.63, 3.8) is 0 Å². The lowest BCUT2D eigenvalue weighted by Crippen LogP contribution is -2.47. The summed E-state index contributed by atoms with van der Waals surface area (Å²) in [5.41, 5.74) is -0.808. The molecule has 1 unspecified atom stereocenters. The van der Waals surface area contributed by atoms with Crippen LogP contribution < -0.4 is 5.56 Å². The summed E-state index contributed by atoms with van der Waals surface area (Å²) >= 11 is 0. The van der Waals surface area contributed by atoms with Crippen LogP contribution in [0.2, 0.25) is 0 Å². The van der Waals surface area contributed by atoms with Crippen LogP contribution in [0, 0.1) is 0 Å². The first kappa shape index (κ1) is 20.0. The number of amides is 1. The number of carbonyl (C=O) groups is 1. The average molecular weight is 399 g/mol. The summed E-state index contributed by atoms with van der Waals surface area (Å²) in [5.74, 6) is -0.374. The molecule has 150 valence electrons. The maximum atomic E-state index is 12.4. The second kappa shape index (κ2) is 8.07. The Morgan fingerprint density at radius 3 is 3.00 bits per heavy atom. The minimum absolute atomic E-state index is 0.0400. The molecule has 0 radical (unpaired) electrons. The maximum Gasteiger partial charge on any atom is 0.266 e. The van der Waals surface area contributed by atoms with Crippen LogP contribution in [0.3, 0.4) is 0 Å². The predicted octanol–water partition coefficient (Wildman–Crippen LogP) is -0.545. The molecule has 0 aliphatic carbocycles. The smallest absolute Gasteiger partial charge is 0.266 e. The molecule has 1 amide bonds. The van der Waals surface area contributed by atoms with E-state index in [1.54, 1.807) is 17.2 Å². The molecule has 2 saturated heterocycles. The van der Waals surface area contributed by atoms with Crippen LogP contribution in [0.15, 0.2) is 23.1 Å². The fourth-order valence-electron chi connectivity index (χ4n) is 3.51. The molecule has 2 atom stereocenters. The molecule has 0 aromatic carbocycles. The molecule has 1 aromatic heterocycles. The lowest BCUT2D eigenvalue weighted by atomic mass is 10.00. The summed E-state index contributed by atoms with van der Waals surface area (Å²) in [7, 11) is -3.19. The fourth-order valence-corrected chi connectivity index (χ4v) is 4.06. The molecule has 1 aromatic rings. The molecule has 0 N–H and O–H groups in total. The number of sulfone groups is 1. The first-order chi connectivity index (χ1) is 12.8. The average Bonchev–Trinajstić information content (AvgIpc) is 2.86. The summed E-state index contributed by atoms with van der Waals surface area (Å²) in [5, 5.41) is 4.06. The maximum absolute atomic E-state index is 12.4. The Kier molecular flexibility index (Phi) is 5.97. The summed E-state index contributed by atoms with van der Waals surface area (Å²) in [6, 6.07) is 3.05. The Labute approximate surface area is 158 Å². The molecular formula is C17H25N3O6S. The van der Waals surface area contributed by atoms with Gasteiger partial charge in [-0.05, 0) is 18.9 Å². The topological polar surface area (TPSA) is 108 Å². The van der Waals surface area contributed by atoms with Crippen LogP contribution >= 0.6 is 0 Å². The van der Waals surface area contributed by atoms with Gasteiger partial charge in [0.2, 0.25) is 5.91 Å². The summed E-state index contributed by atoms with van der Waals surface area (Å²) in [4.78, 5) is 25.9. The van der Waals surface area contributed by atoms with Gasteiger partial charge in [-0.1, -0.05) is 0 Å². The third-order valence-corrected chi connectivity index (χ3v) is 5.84. The molecule has 10 heteroatoms. The van der Waals surface area contributed by atoms with Gasteiger partial charge in [-0.2, -0.15) is 5.10 Å². The Balaban J connectivity index is 1.64. The van der Waals surface area contributed by atoms with Gasteiger partial charge in [0.15, 0.2) is 0 Å². The second-order valence-electron chi connectivity index (χ2n) is 7.25. The van der Waals surface area contributed by atoms with Crippen LogP contribution in [0.5, 0.6) is 0 Å². The fraction of sp³-hybridized carbons (Fsp3) is 0.706. The number of rotatable bonds is 5. The van der Waals surface area contributed by atoms with Gasteiger partial charge in [-0.3, -0.25) is 9.59 Å². The zero-order valence-corrected chi connectivity index (χ0v) is 16.2. The van der Waals surface area contributed by atoms with E-state index < -0.39 is 15.4 Å². The largest absolute Gasteiger partial charge is 0.377 e. The van der Waals surface area contributed by atoms with E-state index in [2.05, 4.69) is 5.10 Å². The summed E-state index contributed by atoms with van der Waals surface area (Å²) in [6.45, 7) is 1.89. The van der Waals surface area contributed by atoms with Crippen LogP contribution in [-0.4, -0.2) is 79.0 Å². The summed E-state index contributed by atoms with van der Waals surface area (Å²) in [6.07, 6.45) is 3.89. The van der Waals surface area contributed by atoms with Crippen molar-refractivity contribution < 1.29 is 22.7 Å². The van der Waals surface area contributed by atoms with Crippen LogP contribution in [0.25, 0.3) is 0 Å². The Bertz CT molecular complexity index is 839. The van der Waals surface area contributed by atoms with Crippen LogP contribution in [0.4, 0.5) is 0 Å². The van der Waals surface area contributed by atoms with Crippen molar-refractivity contribution in [1.82, 2.24) is 14.7 Å². The van der Waals surface area contributed by atoms with Crippen molar-refractivity contribution in [1.29, 1.82) is 0 Å². The van der Waals surface area contributed by atoms with Gasteiger partial charge >= 0.3 is 0 Å². The van der Waals surface area contributed by atoms with E-state index in [-0.39, 0.29) is 29.7 Å². The van der Waals surface area contributed by atoms with E-state index in [4.69, 9.17) is 9.47 Å². The molecule has 0 bridgehead atoms. The molecular weight excluding hydrogens is 374 g/mol. The predicted molar refractivity (Wildman–Crippen MR) is 97.1 cm³/mol. The second-order valence-corrected chi connectivity index (χ2v) is 9.51. The molecule has 0 saturated carbocycles. The van der Waals surface area contributed by atoms with Crippen LogP contribution in [-0.2, 0) is 30.7 Å². The normalized spacial score (nSPS) is 26.3. The Morgan fingerprint density at radius 1 is 1.44 bits per heavy atom. The molecule has 1 spiro atoms. The van der Waals surface area contributed by atoms with E-state index in [0.717, 1.165) is 12.7 Å². The first-order valence-corrected chi connectivity index (χ1v) is 11.1. The lowest BCUT2D eigenvalue weighted by molar-refractivity contribution is -0.136. The van der Waals surface area contributed by atoms with Gasteiger partial charge in [0.25, 0.3) is 5.56 Å². The highest BCUT2D eigenvalue weighted by molar-refractivity contribution is 7.90. The van der Waals surface area contributed by atoms with E-state index in [1.165, 1.54) is 10.7 Å². The molecule has 3 heterocycles. The van der Waals surface area contributed by atoms with Gasteiger partial charge in [0.1, 0.15) is 15.4 Å². The molecule has 9 nitrogen and oxygen atoms in total. The van der Waals surface area contributed by atoms with Gasteiger partial charge in [0.05, 0.1) is 38.2 Å². The third-order valence-electron chi connectivity index (χ3n) is 4.89. The van der Waals surface area contributed by atoms with Crippen LogP contribution in [0.1, 0.15) is 19.3 Å². The monoisotopic (exact) mass is 399 g/mol. The molecule has 2 aliphatic heterocycles. The van der Waals surface area contributed by atoms with E-state index in [9.17, 15) is 18.0 Å². The highest BCUT2D eigenvalue weighted by Gasteiger charge is 2.44. The van der Waals surface area contributed by atoms with Gasteiger partial charge in [-0.15, -0.1) is 0 Å². The van der Waals surface area contributed by atoms with E-state index in [0.29, 0.717) is 39.3 Å². The third kappa shape index (κ3) is 5.36. The molecule has 3 rings (SSSR count).